The van der Waals surface area contributed by atoms with E-state index in [1.807, 2.05) is 0 Å². The van der Waals surface area contributed by atoms with Crippen LogP contribution in [-0.4, -0.2) is 35.7 Å². The van der Waals surface area contributed by atoms with Crippen LogP contribution in [-0.2, 0) is 20.7 Å². The lowest BCUT2D eigenvalue weighted by atomic mass is 9.99. The third-order valence-corrected chi connectivity index (χ3v) is 3.20. The van der Waals surface area contributed by atoms with Crippen LogP contribution in [0, 0.1) is 0 Å². The monoisotopic (exact) mass is 322 g/mol. The standard InChI is InChI=1S/C16H22N2O5/c1-16(2,9-8-13(19)20)18-15(22)17-12-6-4-11(5-7-12)10-14(21)23-3/h4-7H,8-10H2,1-3H3,(H,19,20)(H2,17,18,22). The first kappa shape index (κ1) is 18.5. The minimum Gasteiger partial charge on any atom is -0.481 e. The molecule has 126 valence electrons. The minimum atomic E-state index is -0.901. The number of anilines is 1. The molecular formula is C16H22N2O5. The molecule has 0 aliphatic heterocycles. The van der Waals surface area contributed by atoms with E-state index in [0.717, 1.165) is 5.56 Å². The van der Waals surface area contributed by atoms with Crippen LogP contribution in [0.2, 0.25) is 0 Å². The highest BCUT2D eigenvalue weighted by molar-refractivity contribution is 5.89. The van der Waals surface area contributed by atoms with Crippen molar-refractivity contribution in [2.24, 2.45) is 0 Å². The maximum absolute atomic E-state index is 11.9. The summed E-state index contributed by atoms with van der Waals surface area (Å²) in [5.74, 6) is -1.23. The Kier molecular flexibility index (Phi) is 6.56. The second-order valence-corrected chi connectivity index (χ2v) is 5.81. The summed E-state index contributed by atoms with van der Waals surface area (Å²) in [5, 5.41) is 14.1. The van der Waals surface area contributed by atoms with E-state index in [2.05, 4.69) is 15.4 Å². The molecule has 1 rings (SSSR count). The fraction of sp³-hybridized carbons (Fsp3) is 0.438. The number of rotatable bonds is 7. The summed E-state index contributed by atoms with van der Waals surface area (Å²) < 4.78 is 4.58. The molecule has 0 atom stereocenters. The molecule has 0 aliphatic rings. The molecule has 2 amide bonds. The van der Waals surface area contributed by atoms with Crippen molar-refractivity contribution in [2.75, 3.05) is 12.4 Å². The van der Waals surface area contributed by atoms with Crippen molar-refractivity contribution < 1.29 is 24.2 Å². The number of aliphatic carboxylic acids is 1. The molecule has 0 aliphatic carbocycles. The van der Waals surface area contributed by atoms with Gasteiger partial charge in [0.2, 0.25) is 0 Å². The molecule has 0 radical (unpaired) electrons. The lowest BCUT2D eigenvalue weighted by molar-refractivity contribution is -0.140. The van der Waals surface area contributed by atoms with Gasteiger partial charge in [0.25, 0.3) is 0 Å². The second-order valence-electron chi connectivity index (χ2n) is 5.81. The number of benzene rings is 1. The maximum Gasteiger partial charge on any atom is 0.319 e. The van der Waals surface area contributed by atoms with Crippen LogP contribution in [0.3, 0.4) is 0 Å². The van der Waals surface area contributed by atoms with Gasteiger partial charge in [-0.25, -0.2) is 4.79 Å². The molecule has 0 heterocycles. The van der Waals surface area contributed by atoms with Gasteiger partial charge in [-0.15, -0.1) is 0 Å². The van der Waals surface area contributed by atoms with Crippen LogP contribution < -0.4 is 10.6 Å². The number of methoxy groups -OCH3 is 1. The summed E-state index contributed by atoms with van der Waals surface area (Å²) in [6.07, 6.45) is 0.481. The molecule has 7 heteroatoms. The van der Waals surface area contributed by atoms with Crippen LogP contribution in [0.1, 0.15) is 32.3 Å². The summed E-state index contributed by atoms with van der Waals surface area (Å²) in [5.41, 5.74) is 0.725. The van der Waals surface area contributed by atoms with Crippen molar-refractivity contribution in [3.63, 3.8) is 0 Å². The van der Waals surface area contributed by atoms with E-state index in [-0.39, 0.29) is 18.8 Å². The smallest absolute Gasteiger partial charge is 0.319 e. The molecule has 0 saturated carbocycles. The molecule has 3 N–H and O–H groups in total. The van der Waals surface area contributed by atoms with Crippen molar-refractivity contribution >= 4 is 23.7 Å². The van der Waals surface area contributed by atoms with E-state index in [1.165, 1.54) is 7.11 Å². The Labute approximate surface area is 135 Å². The Balaban J connectivity index is 2.53. The molecule has 1 aromatic rings. The van der Waals surface area contributed by atoms with E-state index in [1.54, 1.807) is 38.1 Å². The van der Waals surface area contributed by atoms with Crippen LogP contribution in [0.5, 0.6) is 0 Å². The van der Waals surface area contributed by atoms with Gasteiger partial charge in [-0.05, 0) is 38.0 Å². The van der Waals surface area contributed by atoms with Gasteiger partial charge in [-0.1, -0.05) is 12.1 Å². The number of carboxylic acid groups (broad SMARTS) is 1. The van der Waals surface area contributed by atoms with Crippen LogP contribution in [0.25, 0.3) is 0 Å². The van der Waals surface area contributed by atoms with Gasteiger partial charge < -0.3 is 20.5 Å². The van der Waals surface area contributed by atoms with E-state index in [4.69, 9.17) is 5.11 Å². The Morgan fingerprint density at radius 3 is 2.30 bits per heavy atom. The molecule has 0 bridgehead atoms. The molecule has 23 heavy (non-hydrogen) atoms. The molecule has 1 aromatic carbocycles. The van der Waals surface area contributed by atoms with Crippen LogP contribution >= 0.6 is 0 Å². The highest BCUT2D eigenvalue weighted by Gasteiger charge is 2.21. The van der Waals surface area contributed by atoms with Gasteiger partial charge in [0, 0.05) is 17.6 Å². The van der Waals surface area contributed by atoms with Crippen LogP contribution in [0.15, 0.2) is 24.3 Å². The SMILES string of the molecule is COC(=O)Cc1ccc(NC(=O)NC(C)(C)CCC(=O)O)cc1. The Bertz CT molecular complexity index is 566. The molecular weight excluding hydrogens is 300 g/mol. The topological polar surface area (TPSA) is 105 Å². The number of amides is 2. The fourth-order valence-corrected chi connectivity index (χ4v) is 1.90. The third-order valence-electron chi connectivity index (χ3n) is 3.20. The average Bonchev–Trinajstić information content (AvgIpc) is 2.46. The maximum atomic E-state index is 11.9. The van der Waals surface area contributed by atoms with Crippen molar-refractivity contribution in [1.82, 2.24) is 5.32 Å². The summed E-state index contributed by atoms with van der Waals surface area (Å²) >= 11 is 0. The lowest BCUT2D eigenvalue weighted by Crippen LogP contribution is -2.45. The zero-order chi connectivity index (χ0) is 17.5. The van der Waals surface area contributed by atoms with Gasteiger partial charge in [-0.2, -0.15) is 0 Å². The predicted octanol–water partition coefficient (Wildman–Crippen LogP) is 2.17. The molecule has 0 unspecified atom stereocenters. The van der Waals surface area contributed by atoms with E-state index >= 15 is 0 Å². The first-order valence-corrected chi connectivity index (χ1v) is 7.18. The van der Waals surface area contributed by atoms with E-state index < -0.39 is 17.5 Å². The number of nitrogens with one attached hydrogen (secondary N) is 2. The zero-order valence-corrected chi connectivity index (χ0v) is 13.5. The number of hydrogen-bond donors (Lipinski definition) is 3. The van der Waals surface area contributed by atoms with Gasteiger partial charge >= 0.3 is 18.0 Å². The molecule has 0 spiro atoms. The number of hydrogen-bond acceptors (Lipinski definition) is 4. The Morgan fingerprint density at radius 2 is 1.78 bits per heavy atom. The normalized spacial score (nSPS) is 10.7. The van der Waals surface area contributed by atoms with Gasteiger partial charge in [0.1, 0.15) is 0 Å². The fourth-order valence-electron chi connectivity index (χ4n) is 1.90. The van der Waals surface area contributed by atoms with E-state index in [9.17, 15) is 14.4 Å². The highest BCUT2D eigenvalue weighted by Crippen LogP contribution is 2.13. The molecule has 0 fully saturated rings. The van der Waals surface area contributed by atoms with Gasteiger partial charge in [0.05, 0.1) is 13.5 Å². The number of esters is 1. The number of ether oxygens (including phenoxy) is 1. The summed E-state index contributed by atoms with van der Waals surface area (Å²) in [7, 11) is 1.33. The molecule has 0 aromatic heterocycles. The van der Waals surface area contributed by atoms with Crippen molar-refractivity contribution in [1.29, 1.82) is 0 Å². The number of carbonyl (C=O) groups excluding carboxylic acids is 2. The van der Waals surface area contributed by atoms with Crippen molar-refractivity contribution in [3.05, 3.63) is 29.8 Å². The third kappa shape index (κ3) is 7.30. The molecule has 7 nitrogen and oxygen atoms in total. The Hall–Kier alpha value is -2.57. The van der Waals surface area contributed by atoms with Crippen molar-refractivity contribution in [3.8, 4) is 0 Å². The average molecular weight is 322 g/mol. The van der Waals surface area contributed by atoms with Crippen LogP contribution in [0.4, 0.5) is 10.5 Å². The number of carboxylic acids is 1. The minimum absolute atomic E-state index is 0.0183. The number of carbonyl (C=O) groups is 3. The summed E-state index contributed by atoms with van der Waals surface area (Å²) in [6.45, 7) is 3.52. The predicted molar refractivity (Wildman–Crippen MR) is 85.3 cm³/mol. The highest BCUT2D eigenvalue weighted by atomic mass is 16.5. The number of urea groups is 1. The first-order valence-electron chi connectivity index (χ1n) is 7.18. The largest absolute Gasteiger partial charge is 0.481 e. The van der Waals surface area contributed by atoms with Crippen molar-refractivity contribution in [2.45, 2.75) is 38.6 Å². The zero-order valence-electron chi connectivity index (χ0n) is 13.5. The second kappa shape index (κ2) is 8.17. The lowest BCUT2D eigenvalue weighted by Gasteiger charge is -2.25. The summed E-state index contributed by atoms with van der Waals surface area (Å²) in [4.78, 5) is 33.7. The Morgan fingerprint density at radius 1 is 1.17 bits per heavy atom. The van der Waals surface area contributed by atoms with E-state index in [0.29, 0.717) is 12.1 Å². The van der Waals surface area contributed by atoms with Gasteiger partial charge in [0.15, 0.2) is 0 Å². The van der Waals surface area contributed by atoms with Gasteiger partial charge in [-0.3, -0.25) is 9.59 Å². The first-order chi connectivity index (χ1) is 10.7. The quantitative estimate of drug-likeness (QED) is 0.667. The molecule has 0 saturated heterocycles. The summed E-state index contributed by atoms with van der Waals surface area (Å²) in [6, 6.07) is 6.40.